The zero-order valence-corrected chi connectivity index (χ0v) is 12.2. The monoisotopic (exact) mass is 202 g/mol. The first kappa shape index (κ1) is 12.4. The normalized spacial score (nSPS) is 19.0. The minimum atomic E-state index is -0.899. The fraction of sp³-hybridized carbons (Fsp3) is 1.00. The van der Waals surface area contributed by atoms with Gasteiger partial charge in [-0.2, -0.15) is 0 Å². The molecule has 0 rings (SSSR count). The minimum absolute atomic E-state index is 0.899. The molecule has 74 valence electrons. The average molecular weight is 202 g/mol. The Balaban J connectivity index is 4.41. The molecular formula is C10H26Si2. The molecule has 0 aliphatic rings. The second-order valence-electron chi connectivity index (χ2n) is 6.31. The van der Waals surface area contributed by atoms with E-state index in [0.29, 0.717) is 0 Å². The van der Waals surface area contributed by atoms with Crippen molar-refractivity contribution >= 4 is 16.1 Å². The summed E-state index contributed by atoms with van der Waals surface area (Å²) in [6, 6.07) is 0. The zero-order valence-electron chi connectivity index (χ0n) is 10.2. The van der Waals surface area contributed by atoms with Crippen LogP contribution in [0.15, 0.2) is 0 Å². The Hall–Kier alpha value is 0.434. The summed E-state index contributed by atoms with van der Waals surface area (Å²) in [4.78, 5) is 0. The fourth-order valence-corrected chi connectivity index (χ4v) is 7.50. The van der Waals surface area contributed by atoms with Gasteiger partial charge in [-0.1, -0.05) is 53.1 Å². The van der Waals surface area contributed by atoms with Crippen molar-refractivity contribution in [3.05, 3.63) is 0 Å². The van der Waals surface area contributed by atoms with Crippen molar-refractivity contribution in [2.24, 2.45) is 0 Å². The van der Waals surface area contributed by atoms with Gasteiger partial charge in [0, 0.05) is 16.1 Å². The molecule has 2 heteroatoms. The van der Waals surface area contributed by atoms with Gasteiger partial charge in [-0.05, 0) is 11.1 Å². The largest absolute Gasteiger partial charge is 0.0694 e. The average Bonchev–Trinajstić information content (AvgIpc) is 1.80. The lowest BCUT2D eigenvalue weighted by Gasteiger charge is -2.37. The SMILES string of the molecule is CC(C(C)[Si](C)(C)C)[Si](C)(C)C. The smallest absolute Gasteiger partial charge is 0.0470 e. The van der Waals surface area contributed by atoms with Gasteiger partial charge in [0.1, 0.15) is 0 Å². The summed E-state index contributed by atoms with van der Waals surface area (Å²) >= 11 is 0. The van der Waals surface area contributed by atoms with Crippen LogP contribution < -0.4 is 0 Å². The molecule has 0 saturated carbocycles. The first-order valence-electron chi connectivity index (χ1n) is 5.07. The van der Waals surface area contributed by atoms with E-state index < -0.39 is 16.1 Å². The van der Waals surface area contributed by atoms with Crippen LogP contribution in [-0.4, -0.2) is 16.1 Å². The zero-order chi connectivity index (χ0) is 10.2. The Labute approximate surface area is 80.8 Å². The molecule has 0 fully saturated rings. The molecule has 0 radical (unpaired) electrons. The summed E-state index contributed by atoms with van der Waals surface area (Å²) in [5.74, 6) is 0. The van der Waals surface area contributed by atoms with Gasteiger partial charge in [-0.25, -0.2) is 0 Å². The molecule has 0 N–H and O–H groups in total. The third kappa shape index (κ3) is 3.44. The van der Waals surface area contributed by atoms with Crippen molar-refractivity contribution in [1.29, 1.82) is 0 Å². The fourth-order valence-electron chi connectivity index (χ4n) is 1.50. The molecule has 2 unspecified atom stereocenters. The van der Waals surface area contributed by atoms with Crippen molar-refractivity contribution in [3.8, 4) is 0 Å². The van der Waals surface area contributed by atoms with Crippen LogP contribution >= 0.6 is 0 Å². The van der Waals surface area contributed by atoms with E-state index >= 15 is 0 Å². The van der Waals surface area contributed by atoms with E-state index in [2.05, 4.69) is 53.1 Å². The van der Waals surface area contributed by atoms with Gasteiger partial charge in [-0.3, -0.25) is 0 Å². The number of rotatable bonds is 3. The third-order valence-electron chi connectivity index (χ3n) is 3.48. The quantitative estimate of drug-likeness (QED) is 0.594. The summed E-state index contributed by atoms with van der Waals surface area (Å²) in [6.45, 7) is 19.9. The lowest BCUT2D eigenvalue weighted by atomic mass is 10.3. The summed E-state index contributed by atoms with van der Waals surface area (Å²) in [6.07, 6.45) is 0. The molecule has 0 aromatic rings. The Bertz CT molecular complexity index is 121. The van der Waals surface area contributed by atoms with Crippen molar-refractivity contribution in [2.75, 3.05) is 0 Å². The van der Waals surface area contributed by atoms with Gasteiger partial charge in [-0.15, -0.1) is 0 Å². The highest BCUT2D eigenvalue weighted by atomic mass is 28.3. The highest BCUT2D eigenvalue weighted by Crippen LogP contribution is 2.39. The van der Waals surface area contributed by atoms with E-state index in [1.165, 1.54) is 0 Å². The second-order valence-corrected chi connectivity index (χ2v) is 17.6. The molecule has 0 aliphatic carbocycles. The van der Waals surface area contributed by atoms with Gasteiger partial charge in [0.05, 0.1) is 0 Å². The highest BCUT2D eigenvalue weighted by Gasteiger charge is 2.34. The second kappa shape index (κ2) is 3.66. The van der Waals surface area contributed by atoms with Crippen molar-refractivity contribution in [3.63, 3.8) is 0 Å². The van der Waals surface area contributed by atoms with Crippen molar-refractivity contribution < 1.29 is 0 Å². The molecule has 0 spiro atoms. The molecule has 0 amide bonds. The van der Waals surface area contributed by atoms with Crippen LogP contribution in [0.4, 0.5) is 0 Å². The molecule has 0 aromatic carbocycles. The van der Waals surface area contributed by atoms with Gasteiger partial charge in [0.25, 0.3) is 0 Å². The maximum atomic E-state index is 2.49. The van der Waals surface area contributed by atoms with Crippen LogP contribution in [0.5, 0.6) is 0 Å². The molecule has 0 saturated heterocycles. The maximum absolute atomic E-state index is 2.49. The topological polar surface area (TPSA) is 0 Å². The van der Waals surface area contributed by atoms with Crippen molar-refractivity contribution in [1.82, 2.24) is 0 Å². The molecule has 0 nitrogen and oxygen atoms in total. The molecule has 0 aromatic heterocycles. The Morgan fingerprint density at radius 3 is 0.833 bits per heavy atom. The Kier molecular flexibility index (Phi) is 3.80. The first-order valence-corrected chi connectivity index (χ1v) is 12.2. The van der Waals surface area contributed by atoms with Crippen LogP contribution in [0.1, 0.15) is 13.8 Å². The Morgan fingerprint density at radius 1 is 0.583 bits per heavy atom. The van der Waals surface area contributed by atoms with E-state index in [1.807, 2.05) is 0 Å². The van der Waals surface area contributed by atoms with E-state index in [9.17, 15) is 0 Å². The molecule has 0 heterocycles. The van der Waals surface area contributed by atoms with Crippen LogP contribution in [-0.2, 0) is 0 Å². The van der Waals surface area contributed by atoms with E-state index in [4.69, 9.17) is 0 Å². The van der Waals surface area contributed by atoms with Crippen LogP contribution in [0.25, 0.3) is 0 Å². The summed E-state index contributed by atoms with van der Waals surface area (Å²) in [5.41, 5.74) is 1.95. The molecular weight excluding hydrogens is 176 g/mol. The number of hydrogen-bond acceptors (Lipinski definition) is 0. The lowest BCUT2D eigenvalue weighted by molar-refractivity contribution is 0.807. The van der Waals surface area contributed by atoms with Crippen LogP contribution in [0.2, 0.25) is 50.4 Å². The van der Waals surface area contributed by atoms with E-state index in [1.54, 1.807) is 0 Å². The maximum Gasteiger partial charge on any atom is 0.0470 e. The van der Waals surface area contributed by atoms with E-state index in [0.717, 1.165) is 11.1 Å². The summed E-state index contributed by atoms with van der Waals surface area (Å²) < 4.78 is 0. The predicted octanol–water partition coefficient (Wildman–Crippen LogP) is 4.44. The van der Waals surface area contributed by atoms with Crippen molar-refractivity contribution in [2.45, 2.75) is 64.2 Å². The molecule has 0 aliphatic heterocycles. The predicted molar refractivity (Wildman–Crippen MR) is 65.5 cm³/mol. The molecule has 0 bridgehead atoms. The molecule has 2 atom stereocenters. The third-order valence-corrected chi connectivity index (χ3v) is 10.3. The standard InChI is InChI=1S/C10H26Si2/c1-9(11(3,4)5)10(2)12(6,7)8/h9-10H,1-8H3. The summed E-state index contributed by atoms with van der Waals surface area (Å²) in [7, 11) is -1.80. The van der Waals surface area contributed by atoms with Crippen LogP contribution in [0, 0.1) is 0 Å². The summed E-state index contributed by atoms with van der Waals surface area (Å²) in [5, 5.41) is 0. The van der Waals surface area contributed by atoms with Crippen LogP contribution in [0.3, 0.4) is 0 Å². The molecule has 12 heavy (non-hydrogen) atoms. The Morgan fingerprint density at radius 2 is 0.750 bits per heavy atom. The van der Waals surface area contributed by atoms with Gasteiger partial charge < -0.3 is 0 Å². The minimum Gasteiger partial charge on any atom is -0.0694 e. The number of hydrogen-bond donors (Lipinski definition) is 0. The highest BCUT2D eigenvalue weighted by molar-refractivity contribution is 6.83. The van der Waals surface area contributed by atoms with Gasteiger partial charge in [0.15, 0.2) is 0 Å². The first-order chi connectivity index (χ1) is 5.07. The van der Waals surface area contributed by atoms with Gasteiger partial charge in [0.2, 0.25) is 0 Å². The van der Waals surface area contributed by atoms with E-state index in [-0.39, 0.29) is 0 Å². The van der Waals surface area contributed by atoms with Gasteiger partial charge >= 0.3 is 0 Å². The lowest BCUT2D eigenvalue weighted by Crippen LogP contribution is -2.37.